The number of benzene rings is 2. The number of piperidine rings is 1. The minimum atomic E-state index is -0.119. The van der Waals surface area contributed by atoms with E-state index >= 15 is 0 Å². The summed E-state index contributed by atoms with van der Waals surface area (Å²) in [4.78, 5) is 22.5. The number of fused-ring (bicyclic) bond motifs is 1. The summed E-state index contributed by atoms with van der Waals surface area (Å²) in [6.07, 6.45) is 3.60. The van der Waals surface area contributed by atoms with Crippen LogP contribution in [0.1, 0.15) is 37.3 Å². The smallest absolute Gasteiger partial charge is 0.258 e. The normalized spacial score (nSPS) is 15.3. The van der Waals surface area contributed by atoms with Crippen molar-refractivity contribution in [3.05, 3.63) is 70.8 Å². The summed E-state index contributed by atoms with van der Waals surface area (Å²) in [5.41, 5.74) is 1.61. The summed E-state index contributed by atoms with van der Waals surface area (Å²) < 4.78 is 2.12. The summed E-state index contributed by atoms with van der Waals surface area (Å²) in [5.74, 6) is 1.51. The number of para-hydroxylation sites is 2. The molecule has 7 nitrogen and oxygen atoms in total. The monoisotopic (exact) mass is 432 g/mol. The Hall–Kier alpha value is -3.13. The van der Waals surface area contributed by atoms with Crippen LogP contribution in [0.4, 0.5) is 5.95 Å². The molecule has 0 saturated carbocycles. The average Bonchev–Trinajstić information content (AvgIpc) is 3.23. The zero-order chi connectivity index (χ0) is 21.2. The van der Waals surface area contributed by atoms with Gasteiger partial charge in [-0.1, -0.05) is 42.1 Å². The number of thioether (sulfide) groups is 1. The summed E-state index contributed by atoms with van der Waals surface area (Å²) in [6, 6.07) is 17.6. The van der Waals surface area contributed by atoms with Crippen molar-refractivity contribution >= 4 is 28.6 Å². The van der Waals surface area contributed by atoms with Gasteiger partial charge in [-0.25, -0.2) is 4.98 Å². The minimum Gasteiger partial charge on any atom is -0.341 e. The Balaban J connectivity index is 1.51. The first-order valence-electron chi connectivity index (χ1n) is 10.6. The van der Waals surface area contributed by atoms with Crippen LogP contribution in [0.3, 0.4) is 0 Å². The van der Waals surface area contributed by atoms with E-state index in [9.17, 15) is 4.79 Å². The summed E-state index contributed by atoms with van der Waals surface area (Å²) in [5, 5.41) is 10.4. The maximum Gasteiger partial charge on any atom is 0.258 e. The molecule has 1 saturated heterocycles. The van der Waals surface area contributed by atoms with E-state index in [4.69, 9.17) is 0 Å². The van der Waals surface area contributed by atoms with Gasteiger partial charge in [0.15, 0.2) is 5.16 Å². The molecule has 2 aromatic heterocycles. The van der Waals surface area contributed by atoms with E-state index in [1.54, 1.807) is 17.8 Å². The predicted molar refractivity (Wildman–Crippen MR) is 124 cm³/mol. The lowest BCUT2D eigenvalue weighted by Gasteiger charge is -2.28. The van der Waals surface area contributed by atoms with Gasteiger partial charge in [-0.2, -0.15) is 0 Å². The van der Waals surface area contributed by atoms with Crippen molar-refractivity contribution in [1.29, 1.82) is 0 Å². The molecule has 4 aromatic rings. The van der Waals surface area contributed by atoms with E-state index in [0.29, 0.717) is 16.7 Å². The topological polar surface area (TPSA) is 79.7 Å². The quantitative estimate of drug-likeness (QED) is 0.473. The fourth-order valence-electron chi connectivity index (χ4n) is 3.95. The summed E-state index contributed by atoms with van der Waals surface area (Å²) in [7, 11) is 0. The van der Waals surface area contributed by atoms with Gasteiger partial charge in [0.1, 0.15) is 5.82 Å². The molecule has 1 aliphatic rings. The van der Waals surface area contributed by atoms with Crippen molar-refractivity contribution in [2.75, 3.05) is 18.0 Å². The molecule has 0 aliphatic carbocycles. The van der Waals surface area contributed by atoms with Gasteiger partial charge in [0.2, 0.25) is 5.95 Å². The minimum absolute atomic E-state index is 0.0989. The molecule has 2 aromatic carbocycles. The van der Waals surface area contributed by atoms with Gasteiger partial charge in [0.25, 0.3) is 5.56 Å². The van der Waals surface area contributed by atoms with Gasteiger partial charge in [0.05, 0.1) is 21.8 Å². The van der Waals surface area contributed by atoms with Crippen molar-refractivity contribution in [2.24, 2.45) is 0 Å². The number of hydrogen-bond donors (Lipinski definition) is 1. The standard InChI is InChI=1S/C23H24N6OS/c1-16(20-24-19-13-7-6-12-18(19)21(30)25-20)31-23-27-26-22(28-14-8-3-9-15-28)29(23)17-10-4-2-5-11-17/h2,4-7,10-13,16H,3,8-9,14-15H2,1H3,(H,24,25,30)/t16-/m1/s1. The molecule has 1 fully saturated rings. The molecule has 0 radical (unpaired) electrons. The molecule has 0 amide bonds. The highest BCUT2D eigenvalue weighted by molar-refractivity contribution is 7.99. The lowest BCUT2D eigenvalue weighted by molar-refractivity contribution is 0.564. The maximum absolute atomic E-state index is 12.5. The Kier molecular flexibility index (Phi) is 5.46. The zero-order valence-corrected chi connectivity index (χ0v) is 18.2. The van der Waals surface area contributed by atoms with Crippen LogP contribution < -0.4 is 10.5 Å². The highest BCUT2D eigenvalue weighted by Crippen LogP contribution is 2.36. The van der Waals surface area contributed by atoms with Crippen molar-refractivity contribution in [3.63, 3.8) is 0 Å². The van der Waals surface area contributed by atoms with E-state index < -0.39 is 0 Å². The third-order valence-electron chi connectivity index (χ3n) is 5.57. The highest BCUT2D eigenvalue weighted by Gasteiger charge is 2.23. The molecule has 1 aliphatic heterocycles. The van der Waals surface area contributed by atoms with E-state index in [1.165, 1.54) is 19.3 Å². The van der Waals surface area contributed by atoms with Crippen LogP contribution >= 0.6 is 11.8 Å². The average molecular weight is 433 g/mol. The Morgan fingerprint density at radius 3 is 2.52 bits per heavy atom. The molecule has 0 spiro atoms. The Labute approximate surface area is 184 Å². The molecule has 1 N–H and O–H groups in total. The molecule has 3 heterocycles. The molecule has 0 bridgehead atoms. The van der Waals surface area contributed by atoms with Crippen LogP contribution in [0.15, 0.2) is 64.5 Å². The van der Waals surface area contributed by atoms with Crippen LogP contribution in [0.25, 0.3) is 16.6 Å². The number of H-pyrrole nitrogens is 1. The van der Waals surface area contributed by atoms with Gasteiger partial charge >= 0.3 is 0 Å². The number of rotatable bonds is 5. The fraction of sp³-hybridized carbons (Fsp3) is 0.304. The number of nitrogens with one attached hydrogen (secondary N) is 1. The van der Waals surface area contributed by atoms with Crippen molar-refractivity contribution in [2.45, 2.75) is 36.6 Å². The van der Waals surface area contributed by atoms with Crippen LogP contribution in [0, 0.1) is 0 Å². The maximum atomic E-state index is 12.5. The molecule has 158 valence electrons. The number of anilines is 1. The van der Waals surface area contributed by atoms with Crippen molar-refractivity contribution in [3.8, 4) is 5.69 Å². The first-order chi connectivity index (χ1) is 15.2. The molecule has 31 heavy (non-hydrogen) atoms. The lowest BCUT2D eigenvalue weighted by atomic mass is 10.1. The number of hydrogen-bond acceptors (Lipinski definition) is 6. The van der Waals surface area contributed by atoms with E-state index in [2.05, 4.69) is 41.8 Å². The van der Waals surface area contributed by atoms with Crippen molar-refractivity contribution < 1.29 is 0 Å². The van der Waals surface area contributed by atoms with Gasteiger partial charge in [-0.3, -0.25) is 9.36 Å². The van der Waals surface area contributed by atoms with Gasteiger partial charge < -0.3 is 9.88 Å². The lowest BCUT2D eigenvalue weighted by Crippen LogP contribution is -2.31. The summed E-state index contributed by atoms with van der Waals surface area (Å²) >= 11 is 1.55. The Morgan fingerprint density at radius 2 is 1.71 bits per heavy atom. The first kappa shape index (κ1) is 19.8. The molecular weight excluding hydrogens is 408 g/mol. The second-order valence-electron chi connectivity index (χ2n) is 7.73. The van der Waals surface area contributed by atoms with Gasteiger partial charge in [-0.05, 0) is 50.5 Å². The molecule has 1 atom stereocenters. The molecule has 8 heteroatoms. The van der Waals surface area contributed by atoms with Crippen LogP contribution in [-0.4, -0.2) is 37.8 Å². The zero-order valence-electron chi connectivity index (χ0n) is 17.4. The van der Waals surface area contributed by atoms with Gasteiger partial charge in [-0.15, -0.1) is 10.2 Å². The van der Waals surface area contributed by atoms with Gasteiger partial charge in [0, 0.05) is 13.1 Å². The van der Waals surface area contributed by atoms with E-state index in [-0.39, 0.29) is 10.8 Å². The van der Waals surface area contributed by atoms with Crippen molar-refractivity contribution in [1.82, 2.24) is 24.7 Å². The van der Waals surface area contributed by atoms with E-state index in [0.717, 1.165) is 29.9 Å². The SMILES string of the molecule is C[C@@H](Sc1nnc(N2CCCCC2)n1-c1ccccc1)c1nc2ccccc2c(=O)[nH]1. The first-order valence-corrected chi connectivity index (χ1v) is 11.5. The van der Waals surface area contributed by atoms with Crippen LogP contribution in [-0.2, 0) is 0 Å². The second kappa shape index (κ2) is 8.55. The number of nitrogens with zero attached hydrogens (tertiary/aromatic N) is 5. The third-order valence-corrected chi connectivity index (χ3v) is 6.62. The van der Waals surface area contributed by atoms with Crippen LogP contribution in [0.5, 0.6) is 0 Å². The molecular formula is C23H24N6OS. The summed E-state index contributed by atoms with van der Waals surface area (Å²) in [6.45, 7) is 4.01. The molecule has 0 unspecified atom stereocenters. The molecule has 5 rings (SSSR count). The third kappa shape index (κ3) is 3.95. The number of aromatic amines is 1. The second-order valence-corrected chi connectivity index (χ2v) is 9.04. The highest BCUT2D eigenvalue weighted by atomic mass is 32.2. The number of aromatic nitrogens is 5. The predicted octanol–water partition coefficient (Wildman–Crippen LogP) is 4.35. The Morgan fingerprint density at radius 1 is 0.968 bits per heavy atom. The fourth-order valence-corrected chi connectivity index (χ4v) is 4.87. The Bertz CT molecular complexity index is 1250. The van der Waals surface area contributed by atoms with E-state index in [1.807, 2.05) is 43.3 Å². The largest absolute Gasteiger partial charge is 0.341 e. The van der Waals surface area contributed by atoms with Crippen LogP contribution in [0.2, 0.25) is 0 Å².